The molecule has 0 aromatic heterocycles. The lowest BCUT2D eigenvalue weighted by molar-refractivity contribution is -0.175. The Balaban J connectivity index is 4.55. The third-order valence-electron chi connectivity index (χ3n) is 2.20. The van der Waals surface area contributed by atoms with Crippen molar-refractivity contribution in [2.75, 3.05) is 0 Å². The zero-order valence-corrected chi connectivity index (χ0v) is 12.0. The first-order chi connectivity index (χ1) is 9.33. The molecule has 6 heteroatoms. The van der Waals surface area contributed by atoms with Gasteiger partial charge in [-0.2, -0.15) is 0 Å². The second-order valence-corrected chi connectivity index (χ2v) is 3.94. The highest BCUT2D eigenvalue weighted by atomic mass is 16.6. The Labute approximate surface area is 117 Å². The fraction of sp³-hybridized carbons (Fsp3) is 0.429. The molecular formula is C14H18O6. The van der Waals surface area contributed by atoms with E-state index >= 15 is 0 Å². The highest BCUT2D eigenvalue weighted by Gasteiger charge is 2.25. The van der Waals surface area contributed by atoms with Crippen LogP contribution in [0, 0.1) is 0 Å². The molecule has 0 spiro atoms. The number of hydrogen-bond donors (Lipinski definition) is 0. The van der Waals surface area contributed by atoms with Crippen LogP contribution < -0.4 is 0 Å². The second-order valence-electron chi connectivity index (χ2n) is 3.94. The summed E-state index contributed by atoms with van der Waals surface area (Å²) in [5.74, 6) is -4.92. The van der Waals surface area contributed by atoms with Gasteiger partial charge < -0.3 is 9.47 Å². The summed E-state index contributed by atoms with van der Waals surface area (Å²) in [7, 11) is 0. The first-order valence-electron chi connectivity index (χ1n) is 6.19. The Kier molecular flexibility index (Phi) is 7.81. The lowest BCUT2D eigenvalue weighted by Crippen LogP contribution is -2.26. The van der Waals surface area contributed by atoms with Crippen LogP contribution in [-0.2, 0) is 28.7 Å². The Morgan fingerprint density at radius 2 is 1.00 bits per heavy atom. The molecule has 110 valence electrons. The summed E-state index contributed by atoms with van der Waals surface area (Å²) >= 11 is 0. The maximum Gasteiger partial charge on any atom is 0.425 e. The molecule has 0 amide bonds. The van der Waals surface area contributed by atoms with Gasteiger partial charge in [-0.3, -0.25) is 0 Å². The zero-order valence-electron chi connectivity index (χ0n) is 12.0. The SMILES string of the molecule is CCC=C(C)C(=O)OC(=O)C(=O)OC(=O)C(C)=CCC. The molecule has 0 saturated carbocycles. The molecule has 0 aliphatic rings. The quantitative estimate of drug-likeness (QED) is 0.338. The third-order valence-corrected chi connectivity index (χ3v) is 2.20. The van der Waals surface area contributed by atoms with E-state index in [1.807, 2.05) is 0 Å². The maximum absolute atomic E-state index is 11.4. The van der Waals surface area contributed by atoms with Crippen molar-refractivity contribution in [2.45, 2.75) is 40.5 Å². The summed E-state index contributed by atoms with van der Waals surface area (Å²) in [5, 5.41) is 0. The van der Waals surface area contributed by atoms with Gasteiger partial charge in [0.05, 0.1) is 0 Å². The fourth-order valence-electron chi connectivity index (χ4n) is 1.19. The van der Waals surface area contributed by atoms with Crippen molar-refractivity contribution in [3.05, 3.63) is 23.3 Å². The zero-order chi connectivity index (χ0) is 15.7. The number of rotatable bonds is 4. The highest BCUT2D eigenvalue weighted by Crippen LogP contribution is 2.02. The van der Waals surface area contributed by atoms with Crippen LogP contribution in [0.1, 0.15) is 40.5 Å². The Hall–Kier alpha value is -2.24. The predicted octanol–water partition coefficient (Wildman–Crippen LogP) is 1.84. The molecule has 0 saturated heterocycles. The van der Waals surface area contributed by atoms with Crippen LogP contribution in [0.25, 0.3) is 0 Å². The first-order valence-corrected chi connectivity index (χ1v) is 6.19. The summed E-state index contributed by atoms with van der Waals surface area (Å²) in [6.07, 6.45) is 4.25. The minimum Gasteiger partial charge on any atom is -0.381 e. The minimum atomic E-state index is -1.52. The summed E-state index contributed by atoms with van der Waals surface area (Å²) in [4.78, 5) is 45.2. The van der Waals surface area contributed by atoms with Crippen LogP contribution in [0.2, 0.25) is 0 Å². The number of carbonyl (C=O) groups is 4. The molecule has 0 aromatic carbocycles. The predicted molar refractivity (Wildman–Crippen MR) is 70.3 cm³/mol. The summed E-state index contributed by atoms with van der Waals surface area (Å²) in [6.45, 7) is 6.50. The largest absolute Gasteiger partial charge is 0.425 e. The van der Waals surface area contributed by atoms with Crippen molar-refractivity contribution >= 4 is 23.9 Å². The van der Waals surface area contributed by atoms with E-state index in [1.165, 1.54) is 13.8 Å². The van der Waals surface area contributed by atoms with Crippen molar-refractivity contribution in [3.8, 4) is 0 Å². The average Bonchev–Trinajstić information content (AvgIpc) is 2.38. The van der Waals surface area contributed by atoms with Crippen molar-refractivity contribution in [1.29, 1.82) is 0 Å². The van der Waals surface area contributed by atoms with Crippen molar-refractivity contribution < 1.29 is 28.7 Å². The van der Waals surface area contributed by atoms with E-state index in [1.54, 1.807) is 26.0 Å². The first kappa shape index (κ1) is 17.8. The highest BCUT2D eigenvalue weighted by molar-refractivity contribution is 6.34. The number of carbonyl (C=O) groups excluding carboxylic acids is 4. The standard InChI is InChI=1S/C14H18O6/c1-5-7-9(3)11(15)19-13(17)14(18)20-12(16)10(4)8-6-2/h7-8H,5-6H2,1-4H3. The van der Waals surface area contributed by atoms with Crippen LogP contribution >= 0.6 is 0 Å². The Bertz CT molecular complexity index is 426. The van der Waals surface area contributed by atoms with Gasteiger partial charge in [-0.05, 0) is 26.7 Å². The smallest absolute Gasteiger partial charge is 0.381 e. The molecule has 0 heterocycles. The van der Waals surface area contributed by atoms with Gasteiger partial charge >= 0.3 is 23.9 Å². The molecule has 0 fully saturated rings. The molecule has 0 aliphatic heterocycles. The number of allylic oxidation sites excluding steroid dienone is 2. The average molecular weight is 282 g/mol. The van der Waals surface area contributed by atoms with Gasteiger partial charge in [0, 0.05) is 11.1 Å². The summed E-state index contributed by atoms with van der Waals surface area (Å²) in [6, 6.07) is 0. The van der Waals surface area contributed by atoms with E-state index in [0.29, 0.717) is 12.8 Å². The van der Waals surface area contributed by atoms with Gasteiger partial charge in [-0.15, -0.1) is 0 Å². The molecule has 0 bridgehead atoms. The van der Waals surface area contributed by atoms with Crippen LogP contribution in [0.4, 0.5) is 0 Å². The molecule has 0 N–H and O–H groups in total. The summed E-state index contributed by atoms with van der Waals surface area (Å²) < 4.78 is 8.55. The lowest BCUT2D eigenvalue weighted by Gasteiger charge is -2.03. The van der Waals surface area contributed by atoms with Gasteiger partial charge in [0.1, 0.15) is 0 Å². The molecule has 0 rings (SSSR count). The van der Waals surface area contributed by atoms with Crippen molar-refractivity contribution in [2.24, 2.45) is 0 Å². The van der Waals surface area contributed by atoms with E-state index < -0.39 is 23.9 Å². The van der Waals surface area contributed by atoms with E-state index in [2.05, 4.69) is 9.47 Å². The van der Waals surface area contributed by atoms with Crippen LogP contribution in [0.3, 0.4) is 0 Å². The van der Waals surface area contributed by atoms with Gasteiger partial charge in [0.25, 0.3) is 0 Å². The van der Waals surface area contributed by atoms with Crippen LogP contribution in [-0.4, -0.2) is 23.9 Å². The lowest BCUT2D eigenvalue weighted by atomic mass is 10.2. The van der Waals surface area contributed by atoms with Gasteiger partial charge in [0.2, 0.25) is 0 Å². The van der Waals surface area contributed by atoms with Crippen LogP contribution in [0.5, 0.6) is 0 Å². The molecule has 0 unspecified atom stereocenters. The molecule has 20 heavy (non-hydrogen) atoms. The van der Waals surface area contributed by atoms with Gasteiger partial charge in [0.15, 0.2) is 0 Å². The topological polar surface area (TPSA) is 86.7 Å². The van der Waals surface area contributed by atoms with E-state index in [-0.39, 0.29) is 11.1 Å². The third kappa shape index (κ3) is 6.08. The second kappa shape index (κ2) is 8.79. The number of ether oxygens (including phenoxy) is 2. The fourth-order valence-corrected chi connectivity index (χ4v) is 1.19. The van der Waals surface area contributed by atoms with E-state index in [0.717, 1.165) is 0 Å². The normalized spacial score (nSPS) is 11.8. The van der Waals surface area contributed by atoms with E-state index in [9.17, 15) is 19.2 Å². The van der Waals surface area contributed by atoms with Crippen molar-refractivity contribution in [1.82, 2.24) is 0 Å². The van der Waals surface area contributed by atoms with E-state index in [4.69, 9.17) is 0 Å². The van der Waals surface area contributed by atoms with Crippen molar-refractivity contribution in [3.63, 3.8) is 0 Å². The summed E-state index contributed by atoms with van der Waals surface area (Å²) in [5.41, 5.74) is 0.393. The molecule has 0 radical (unpaired) electrons. The van der Waals surface area contributed by atoms with Gasteiger partial charge in [-0.25, -0.2) is 19.2 Å². The Morgan fingerprint density at radius 3 is 1.25 bits per heavy atom. The monoisotopic (exact) mass is 282 g/mol. The molecule has 0 atom stereocenters. The molecule has 0 aromatic rings. The van der Waals surface area contributed by atoms with Gasteiger partial charge in [-0.1, -0.05) is 26.0 Å². The van der Waals surface area contributed by atoms with Crippen LogP contribution in [0.15, 0.2) is 23.3 Å². The number of esters is 4. The molecule has 0 aliphatic carbocycles. The Morgan fingerprint density at radius 1 is 0.700 bits per heavy atom. The molecular weight excluding hydrogens is 264 g/mol. The molecule has 6 nitrogen and oxygen atoms in total. The number of hydrogen-bond acceptors (Lipinski definition) is 6. The minimum absolute atomic E-state index is 0.196. The maximum atomic E-state index is 11.4.